The van der Waals surface area contributed by atoms with Crippen molar-refractivity contribution in [3.8, 4) is 17.3 Å². The molecule has 2 aromatic heterocycles. The van der Waals surface area contributed by atoms with Crippen LogP contribution < -0.4 is 25.8 Å². The van der Waals surface area contributed by atoms with E-state index >= 15 is 0 Å². The van der Waals surface area contributed by atoms with Crippen LogP contribution in [0.4, 0.5) is 17.6 Å². The van der Waals surface area contributed by atoms with Gasteiger partial charge in [-0.2, -0.15) is 9.67 Å². The normalized spacial score (nSPS) is 23.9. The Morgan fingerprint density at radius 3 is 2.73 bits per heavy atom. The number of fused-ring (bicyclic) bond motifs is 4. The van der Waals surface area contributed by atoms with Crippen molar-refractivity contribution in [3.05, 3.63) is 47.8 Å². The van der Waals surface area contributed by atoms with Gasteiger partial charge in [-0.25, -0.2) is 9.97 Å². The fraction of sp³-hybridized carbons (Fsp3) is 0.467. The molecular formula is C30H36N8O2. The number of aromatic nitrogens is 5. The Balaban J connectivity index is 1.18. The first-order valence-corrected chi connectivity index (χ1v) is 14.3. The van der Waals surface area contributed by atoms with Gasteiger partial charge in [0.05, 0.1) is 19.7 Å². The van der Waals surface area contributed by atoms with Crippen molar-refractivity contribution in [2.45, 2.75) is 44.4 Å². The molecule has 0 radical (unpaired) electrons. The number of nitrogens with zero attached hydrogens (tertiary/aromatic N) is 5. The van der Waals surface area contributed by atoms with E-state index in [9.17, 15) is 0 Å². The average molecular weight is 541 g/mol. The Hall–Kier alpha value is -3.92. The van der Waals surface area contributed by atoms with Crippen LogP contribution in [-0.2, 0) is 6.42 Å². The average Bonchev–Trinajstić information content (AvgIpc) is 3.69. The van der Waals surface area contributed by atoms with Crippen molar-refractivity contribution in [2.75, 3.05) is 38.4 Å². The zero-order chi connectivity index (χ0) is 27.2. The number of aryl methyl sites for hydroxylation is 1. The predicted molar refractivity (Wildman–Crippen MR) is 155 cm³/mol. The third-order valence-electron chi connectivity index (χ3n) is 9.22. The minimum absolute atomic E-state index is 0.228. The van der Waals surface area contributed by atoms with Gasteiger partial charge in [-0.1, -0.05) is 12.5 Å². The number of nitrogen functional groups attached to an aromatic ring is 1. The van der Waals surface area contributed by atoms with Crippen molar-refractivity contribution in [1.82, 2.24) is 30.0 Å². The third kappa shape index (κ3) is 4.40. The summed E-state index contributed by atoms with van der Waals surface area (Å²) in [5.74, 6) is 5.57. The summed E-state index contributed by atoms with van der Waals surface area (Å²) in [5.41, 5.74) is 11.0. The molecule has 3 aliphatic rings. The lowest BCUT2D eigenvalue weighted by Crippen LogP contribution is -2.32. The highest BCUT2D eigenvalue weighted by atomic mass is 16.5. The number of anilines is 3. The quantitative estimate of drug-likeness (QED) is 0.321. The Morgan fingerprint density at radius 1 is 1.05 bits per heavy atom. The number of ether oxygens (including phenoxy) is 2. The Labute approximate surface area is 233 Å². The van der Waals surface area contributed by atoms with Crippen molar-refractivity contribution in [3.63, 3.8) is 0 Å². The number of methoxy groups -OCH3 is 2. The summed E-state index contributed by atoms with van der Waals surface area (Å²) in [6.45, 7) is 2.15. The summed E-state index contributed by atoms with van der Waals surface area (Å²) in [6, 6.07) is 10.4. The number of hydrogen-bond acceptors (Lipinski definition) is 9. The maximum absolute atomic E-state index is 6.34. The molecule has 208 valence electrons. The summed E-state index contributed by atoms with van der Waals surface area (Å²) < 4.78 is 12.5. The lowest BCUT2D eigenvalue weighted by Gasteiger charge is -2.34. The van der Waals surface area contributed by atoms with Gasteiger partial charge in [0.25, 0.3) is 0 Å². The van der Waals surface area contributed by atoms with Crippen molar-refractivity contribution in [1.29, 1.82) is 0 Å². The van der Waals surface area contributed by atoms with Crippen molar-refractivity contribution in [2.24, 2.45) is 17.8 Å². The van der Waals surface area contributed by atoms with Gasteiger partial charge in [0.2, 0.25) is 11.9 Å². The van der Waals surface area contributed by atoms with Gasteiger partial charge in [0.15, 0.2) is 17.3 Å². The number of hydrogen-bond donors (Lipinski definition) is 3. The molecule has 40 heavy (non-hydrogen) atoms. The van der Waals surface area contributed by atoms with Crippen LogP contribution in [0, 0.1) is 17.8 Å². The summed E-state index contributed by atoms with van der Waals surface area (Å²) in [7, 11) is 3.19. The van der Waals surface area contributed by atoms with E-state index in [4.69, 9.17) is 15.2 Å². The molecule has 2 fully saturated rings. The van der Waals surface area contributed by atoms with Crippen LogP contribution in [0.25, 0.3) is 16.7 Å². The third-order valence-corrected chi connectivity index (χ3v) is 9.22. The van der Waals surface area contributed by atoms with E-state index in [2.05, 4.69) is 48.9 Å². The predicted octanol–water partition coefficient (Wildman–Crippen LogP) is 4.61. The lowest BCUT2D eigenvalue weighted by atomic mass is 9.74. The number of nitrogens with one attached hydrogen (secondary N) is 2. The van der Waals surface area contributed by atoms with Crippen molar-refractivity contribution < 1.29 is 9.47 Å². The van der Waals surface area contributed by atoms with E-state index in [1.807, 2.05) is 12.1 Å². The second-order valence-electron chi connectivity index (χ2n) is 11.4. The molecule has 0 amide bonds. The summed E-state index contributed by atoms with van der Waals surface area (Å²) in [6.07, 6.45) is 9.37. The largest absolute Gasteiger partial charge is 0.493 e. The molecular weight excluding hydrogens is 504 g/mol. The minimum atomic E-state index is 0.228. The SMILES string of the molecule is COc1cc2ncnc(-n3nc(Nc4ccc5c(c4)CCCNCC5C4CC5CCC4C5)nc3N)c2cc1OC. The van der Waals surface area contributed by atoms with E-state index in [1.54, 1.807) is 14.2 Å². The van der Waals surface area contributed by atoms with E-state index in [0.717, 1.165) is 54.8 Å². The maximum Gasteiger partial charge on any atom is 0.248 e. The molecule has 4 aromatic rings. The molecule has 0 spiro atoms. The molecule has 1 aliphatic heterocycles. The number of benzene rings is 2. The van der Waals surface area contributed by atoms with Crippen LogP contribution in [0.5, 0.6) is 11.5 Å². The van der Waals surface area contributed by atoms with Crippen LogP contribution >= 0.6 is 0 Å². The molecule has 10 heteroatoms. The smallest absolute Gasteiger partial charge is 0.248 e. The molecule has 2 saturated carbocycles. The van der Waals surface area contributed by atoms with Crippen LogP contribution in [0.3, 0.4) is 0 Å². The first-order chi connectivity index (χ1) is 19.6. The maximum atomic E-state index is 6.34. The molecule has 10 nitrogen and oxygen atoms in total. The van der Waals surface area contributed by atoms with Crippen LogP contribution in [0.2, 0.25) is 0 Å². The number of rotatable bonds is 6. The first kappa shape index (κ1) is 25.1. The second-order valence-corrected chi connectivity index (χ2v) is 11.4. The molecule has 2 aliphatic carbocycles. The van der Waals surface area contributed by atoms with Gasteiger partial charge in [-0.15, -0.1) is 5.10 Å². The molecule has 2 bridgehead atoms. The highest BCUT2D eigenvalue weighted by Gasteiger charge is 2.43. The summed E-state index contributed by atoms with van der Waals surface area (Å²) in [5, 5.41) is 12.5. The van der Waals surface area contributed by atoms with E-state index < -0.39 is 0 Å². The summed E-state index contributed by atoms with van der Waals surface area (Å²) in [4.78, 5) is 13.4. The lowest BCUT2D eigenvalue weighted by molar-refractivity contribution is 0.271. The zero-order valence-electron chi connectivity index (χ0n) is 23.1. The van der Waals surface area contributed by atoms with Gasteiger partial charge in [-0.05, 0) is 91.6 Å². The first-order valence-electron chi connectivity index (χ1n) is 14.3. The summed E-state index contributed by atoms with van der Waals surface area (Å²) >= 11 is 0. The van der Waals surface area contributed by atoms with Gasteiger partial charge >= 0.3 is 0 Å². The molecule has 2 aromatic carbocycles. The van der Waals surface area contributed by atoms with E-state index in [0.29, 0.717) is 34.7 Å². The fourth-order valence-corrected chi connectivity index (χ4v) is 7.40. The molecule has 0 saturated heterocycles. The topological polar surface area (TPSA) is 125 Å². The fourth-order valence-electron chi connectivity index (χ4n) is 7.40. The monoisotopic (exact) mass is 540 g/mol. The van der Waals surface area contributed by atoms with Crippen LogP contribution in [0.1, 0.15) is 49.1 Å². The van der Waals surface area contributed by atoms with Crippen LogP contribution in [0.15, 0.2) is 36.7 Å². The molecule has 4 unspecified atom stereocenters. The Kier molecular flexibility index (Phi) is 6.42. The highest BCUT2D eigenvalue weighted by molar-refractivity contribution is 5.88. The molecule has 4 N–H and O–H groups in total. The van der Waals surface area contributed by atoms with E-state index in [-0.39, 0.29) is 5.95 Å². The molecule has 7 rings (SSSR count). The second kappa shape index (κ2) is 10.2. The zero-order valence-corrected chi connectivity index (χ0v) is 23.1. The Morgan fingerprint density at radius 2 is 1.93 bits per heavy atom. The van der Waals surface area contributed by atoms with Gasteiger partial charge < -0.3 is 25.8 Å². The van der Waals surface area contributed by atoms with Crippen molar-refractivity contribution >= 4 is 28.5 Å². The Bertz CT molecular complexity index is 1550. The van der Waals surface area contributed by atoms with Crippen LogP contribution in [-0.4, -0.2) is 52.0 Å². The molecule has 3 heterocycles. The van der Waals surface area contributed by atoms with Gasteiger partial charge in [0.1, 0.15) is 6.33 Å². The van der Waals surface area contributed by atoms with E-state index in [1.165, 1.54) is 47.8 Å². The molecule has 4 atom stereocenters. The van der Waals surface area contributed by atoms with Gasteiger partial charge in [0, 0.05) is 23.7 Å². The number of nitrogens with two attached hydrogens (primary N) is 1. The standard InChI is InChI=1S/C30H36N8O2/c1-39-26-13-23-25(14-27(26)40-2)33-16-34-28(23)38-29(31)36-30(37-38)35-20-7-8-21-18(12-20)4-3-9-32-15-24(21)22-11-17-5-6-19(22)10-17/h7-8,12-14,16-17,19,22,24,32H,3-6,9-11,15H2,1-2H3,(H3,31,35,36,37). The highest BCUT2D eigenvalue weighted by Crippen LogP contribution is 2.53. The van der Waals surface area contributed by atoms with Gasteiger partial charge in [-0.3, -0.25) is 0 Å². The minimum Gasteiger partial charge on any atom is -0.493 e.